The lowest BCUT2D eigenvalue weighted by atomic mass is 10.1. The summed E-state index contributed by atoms with van der Waals surface area (Å²) in [5.41, 5.74) is 4.57. The van der Waals surface area contributed by atoms with Gasteiger partial charge in [-0.2, -0.15) is 0 Å². The Balaban J connectivity index is 1.61. The fourth-order valence-electron chi connectivity index (χ4n) is 3.42. The molecule has 0 aromatic heterocycles. The van der Waals surface area contributed by atoms with Gasteiger partial charge in [-0.3, -0.25) is 4.79 Å². The molecule has 1 amide bonds. The molecule has 0 aliphatic carbocycles. The Hall–Kier alpha value is -2.36. The number of piperazine rings is 1. The Morgan fingerprint density at radius 3 is 2.25 bits per heavy atom. The van der Waals surface area contributed by atoms with Gasteiger partial charge in [0, 0.05) is 31.9 Å². The molecule has 1 saturated heterocycles. The molecule has 1 heterocycles. The van der Waals surface area contributed by atoms with Crippen LogP contribution in [0.15, 0.2) is 42.5 Å². The Morgan fingerprint density at radius 2 is 1.62 bits per heavy atom. The van der Waals surface area contributed by atoms with Crippen molar-refractivity contribution in [1.82, 2.24) is 4.90 Å². The molecule has 3 rings (SSSR count). The van der Waals surface area contributed by atoms with Crippen LogP contribution in [-0.2, 0) is 11.2 Å². The van der Waals surface area contributed by atoms with Crippen LogP contribution < -0.4 is 4.90 Å². The summed E-state index contributed by atoms with van der Waals surface area (Å²) in [5, 5.41) is 0. The van der Waals surface area contributed by atoms with Gasteiger partial charge in [-0.15, -0.1) is 0 Å². The maximum Gasteiger partial charge on any atom is 0.227 e. The van der Waals surface area contributed by atoms with Gasteiger partial charge < -0.3 is 9.80 Å². The summed E-state index contributed by atoms with van der Waals surface area (Å²) in [6, 6.07) is 12.6. The maximum absolute atomic E-state index is 13.2. The lowest BCUT2D eigenvalue weighted by Crippen LogP contribution is -2.49. The molecule has 0 spiro atoms. The minimum Gasteiger partial charge on any atom is -0.368 e. The van der Waals surface area contributed by atoms with Crippen molar-refractivity contribution in [1.29, 1.82) is 0 Å². The maximum atomic E-state index is 13.2. The molecule has 1 aliphatic heterocycles. The molecule has 0 radical (unpaired) electrons. The molecule has 1 fully saturated rings. The molecule has 2 aromatic carbocycles. The van der Waals surface area contributed by atoms with Crippen LogP contribution in [0.25, 0.3) is 0 Å². The fraction of sp³-hybridized carbons (Fsp3) is 0.350. The molecule has 24 heavy (non-hydrogen) atoms. The van der Waals surface area contributed by atoms with Crippen molar-refractivity contribution < 1.29 is 9.18 Å². The second-order valence-electron chi connectivity index (χ2n) is 6.41. The smallest absolute Gasteiger partial charge is 0.227 e. The van der Waals surface area contributed by atoms with E-state index in [9.17, 15) is 9.18 Å². The number of halogens is 1. The van der Waals surface area contributed by atoms with Gasteiger partial charge in [0.05, 0.1) is 6.42 Å². The van der Waals surface area contributed by atoms with E-state index >= 15 is 0 Å². The average molecular weight is 326 g/mol. The van der Waals surface area contributed by atoms with Crippen molar-refractivity contribution in [3.8, 4) is 0 Å². The zero-order chi connectivity index (χ0) is 17.1. The van der Waals surface area contributed by atoms with E-state index in [1.807, 2.05) is 4.90 Å². The normalized spacial score (nSPS) is 14.8. The standard InChI is InChI=1S/C20H23FN2O/c1-15-5-3-6-16(2)20(15)23-11-9-22(10-12-23)19(24)14-17-7-4-8-18(21)13-17/h3-8,13H,9-12,14H2,1-2H3. The molecular weight excluding hydrogens is 303 g/mol. The Kier molecular flexibility index (Phi) is 4.84. The van der Waals surface area contributed by atoms with E-state index in [0.717, 1.165) is 18.7 Å². The number of hydrogen-bond donors (Lipinski definition) is 0. The number of benzene rings is 2. The van der Waals surface area contributed by atoms with Crippen LogP contribution in [0.2, 0.25) is 0 Å². The third-order valence-corrected chi connectivity index (χ3v) is 4.63. The van der Waals surface area contributed by atoms with Gasteiger partial charge in [-0.05, 0) is 42.7 Å². The molecule has 2 aromatic rings. The van der Waals surface area contributed by atoms with Crippen LogP contribution in [0, 0.1) is 19.7 Å². The first-order valence-corrected chi connectivity index (χ1v) is 8.38. The Labute approximate surface area is 142 Å². The van der Waals surface area contributed by atoms with E-state index in [1.165, 1.54) is 28.9 Å². The summed E-state index contributed by atoms with van der Waals surface area (Å²) in [5.74, 6) is -0.220. The number of para-hydroxylation sites is 1. The highest BCUT2D eigenvalue weighted by Gasteiger charge is 2.22. The van der Waals surface area contributed by atoms with E-state index in [2.05, 4.69) is 36.9 Å². The van der Waals surface area contributed by atoms with Gasteiger partial charge >= 0.3 is 0 Å². The molecular formula is C20H23FN2O. The van der Waals surface area contributed by atoms with Crippen LogP contribution in [0.3, 0.4) is 0 Å². The Morgan fingerprint density at radius 1 is 1.00 bits per heavy atom. The topological polar surface area (TPSA) is 23.6 Å². The summed E-state index contributed by atoms with van der Waals surface area (Å²) >= 11 is 0. The first-order valence-electron chi connectivity index (χ1n) is 8.38. The van der Waals surface area contributed by atoms with E-state index in [0.29, 0.717) is 13.1 Å². The van der Waals surface area contributed by atoms with Crippen molar-refractivity contribution in [2.24, 2.45) is 0 Å². The van der Waals surface area contributed by atoms with Crippen LogP contribution in [-0.4, -0.2) is 37.0 Å². The van der Waals surface area contributed by atoms with Gasteiger partial charge in [0.2, 0.25) is 5.91 Å². The summed E-state index contributed by atoms with van der Waals surface area (Å²) in [6.07, 6.45) is 0.265. The van der Waals surface area contributed by atoms with Crippen LogP contribution >= 0.6 is 0 Å². The van der Waals surface area contributed by atoms with Crippen molar-refractivity contribution >= 4 is 11.6 Å². The van der Waals surface area contributed by atoms with Gasteiger partial charge in [0.25, 0.3) is 0 Å². The molecule has 0 bridgehead atoms. The monoisotopic (exact) mass is 326 g/mol. The van der Waals surface area contributed by atoms with Crippen molar-refractivity contribution in [3.63, 3.8) is 0 Å². The number of carbonyl (C=O) groups is 1. The third-order valence-electron chi connectivity index (χ3n) is 4.63. The van der Waals surface area contributed by atoms with Crippen LogP contribution in [0.4, 0.5) is 10.1 Å². The summed E-state index contributed by atoms with van der Waals surface area (Å²) in [6.45, 7) is 7.35. The van der Waals surface area contributed by atoms with Gasteiger partial charge in [-0.25, -0.2) is 4.39 Å². The lowest BCUT2D eigenvalue weighted by molar-refractivity contribution is -0.130. The van der Waals surface area contributed by atoms with E-state index in [4.69, 9.17) is 0 Å². The number of amides is 1. The first kappa shape index (κ1) is 16.5. The molecule has 0 N–H and O–H groups in total. The predicted octanol–water partition coefficient (Wildman–Crippen LogP) is 3.33. The van der Waals surface area contributed by atoms with E-state index in [1.54, 1.807) is 12.1 Å². The zero-order valence-electron chi connectivity index (χ0n) is 14.3. The van der Waals surface area contributed by atoms with Crippen molar-refractivity contribution in [3.05, 3.63) is 65.0 Å². The third kappa shape index (κ3) is 3.58. The molecule has 1 aliphatic rings. The lowest BCUT2D eigenvalue weighted by Gasteiger charge is -2.37. The zero-order valence-corrected chi connectivity index (χ0v) is 14.3. The quantitative estimate of drug-likeness (QED) is 0.864. The SMILES string of the molecule is Cc1cccc(C)c1N1CCN(C(=O)Cc2cccc(F)c2)CC1. The van der Waals surface area contributed by atoms with Gasteiger partial charge in [0.1, 0.15) is 5.82 Å². The molecule has 0 atom stereocenters. The Bertz CT molecular complexity index is 716. The number of carbonyl (C=O) groups excluding carboxylic acids is 1. The van der Waals surface area contributed by atoms with Gasteiger partial charge in [-0.1, -0.05) is 30.3 Å². The highest BCUT2D eigenvalue weighted by molar-refractivity contribution is 5.79. The second-order valence-corrected chi connectivity index (χ2v) is 6.41. The first-order chi connectivity index (χ1) is 11.5. The molecule has 0 unspecified atom stereocenters. The number of hydrogen-bond acceptors (Lipinski definition) is 2. The summed E-state index contributed by atoms with van der Waals surface area (Å²) in [4.78, 5) is 16.7. The predicted molar refractivity (Wildman–Crippen MR) is 94.8 cm³/mol. The second kappa shape index (κ2) is 7.04. The molecule has 0 saturated carbocycles. The minimum atomic E-state index is -0.292. The highest BCUT2D eigenvalue weighted by atomic mass is 19.1. The van der Waals surface area contributed by atoms with Gasteiger partial charge in [0.15, 0.2) is 0 Å². The largest absolute Gasteiger partial charge is 0.368 e. The number of nitrogens with zero attached hydrogens (tertiary/aromatic N) is 2. The summed E-state index contributed by atoms with van der Waals surface area (Å²) in [7, 11) is 0. The van der Waals surface area contributed by atoms with Crippen molar-refractivity contribution in [2.75, 3.05) is 31.1 Å². The summed E-state index contributed by atoms with van der Waals surface area (Å²) < 4.78 is 13.2. The number of anilines is 1. The number of rotatable bonds is 3. The molecule has 126 valence electrons. The minimum absolute atomic E-state index is 0.0711. The highest BCUT2D eigenvalue weighted by Crippen LogP contribution is 2.25. The van der Waals surface area contributed by atoms with Crippen LogP contribution in [0.5, 0.6) is 0 Å². The van der Waals surface area contributed by atoms with Crippen molar-refractivity contribution in [2.45, 2.75) is 20.3 Å². The molecule has 3 nitrogen and oxygen atoms in total. The number of aryl methyl sites for hydroxylation is 2. The average Bonchev–Trinajstić information content (AvgIpc) is 2.55. The van der Waals surface area contributed by atoms with E-state index < -0.39 is 0 Å². The van der Waals surface area contributed by atoms with Crippen LogP contribution in [0.1, 0.15) is 16.7 Å². The molecule has 4 heteroatoms. The fourth-order valence-corrected chi connectivity index (χ4v) is 3.42. The van der Waals surface area contributed by atoms with E-state index in [-0.39, 0.29) is 18.1 Å².